The van der Waals surface area contributed by atoms with Crippen molar-refractivity contribution >= 4 is 17.7 Å². The Kier molecular flexibility index (Phi) is 5.33. The SMILES string of the molecule is CCN(CC)C(=O)Oc1c2c(nn1-c1ccc(C)cc1)CCc1cc(Cl)ccc1-2. The molecule has 0 N–H and O–H groups in total. The van der Waals surface area contributed by atoms with Crippen LogP contribution in [0.25, 0.3) is 16.8 Å². The van der Waals surface area contributed by atoms with Gasteiger partial charge in [-0.15, -0.1) is 0 Å². The molecule has 0 fully saturated rings. The minimum absolute atomic E-state index is 0.368. The van der Waals surface area contributed by atoms with E-state index in [-0.39, 0.29) is 6.09 Å². The quantitative estimate of drug-likeness (QED) is 0.576. The Morgan fingerprint density at radius 3 is 2.55 bits per heavy atom. The highest BCUT2D eigenvalue weighted by atomic mass is 35.5. The summed E-state index contributed by atoms with van der Waals surface area (Å²) in [6.07, 6.45) is 1.27. The molecule has 4 rings (SSSR count). The van der Waals surface area contributed by atoms with Crippen LogP contribution in [0, 0.1) is 6.92 Å². The Morgan fingerprint density at radius 2 is 1.86 bits per heavy atom. The van der Waals surface area contributed by atoms with Crippen LogP contribution in [-0.4, -0.2) is 33.9 Å². The zero-order valence-electron chi connectivity index (χ0n) is 16.9. The third kappa shape index (κ3) is 3.62. The maximum Gasteiger partial charge on any atom is 0.416 e. The van der Waals surface area contributed by atoms with Gasteiger partial charge >= 0.3 is 6.09 Å². The molecule has 3 aromatic rings. The largest absolute Gasteiger partial charge is 0.416 e. The Labute approximate surface area is 175 Å². The standard InChI is InChI=1S/C23H24ClN3O2/c1-4-26(5-2)23(28)29-22-21-19-12-9-17(24)14-16(19)8-13-20(21)25-27(22)18-10-6-15(3)7-11-18/h6-7,9-12,14H,4-5,8,13H2,1-3H3. The molecule has 0 saturated carbocycles. The van der Waals surface area contributed by atoms with E-state index in [9.17, 15) is 4.79 Å². The van der Waals surface area contributed by atoms with Crippen LogP contribution in [0.15, 0.2) is 42.5 Å². The van der Waals surface area contributed by atoms with Gasteiger partial charge in [-0.25, -0.2) is 4.79 Å². The molecular formula is C23H24ClN3O2. The van der Waals surface area contributed by atoms with Gasteiger partial charge in [0.15, 0.2) is 0 Å². The molecule has 1 heterocycles. The summed E-state index contributed by atoms with van der Waals surface area (Å²) in [6.45, 7) is 7.09. The van der Waals surface area contributed by atoms with E-state index in [4.69, 9.17) is 21.4 Å². The fourth-order valence-electron chi connectivity index (χ4n) is 3.74. The summed E-state index contributed by atoms with van der Waals surface area (Å²) in [5.41, 5.74) is 6.01. The number of rotatable bonds is 4. The second kappa shape index (κ2) is 7.91. The number of fused-ring (bicyclic) bond motifs is 3. The van der Waals surface area contributed by atoms with E-state index in [1.54, 1.807) is 9.58 Å². The molecule has 1 amide bonds. The minimum atomic E-state index is -0.368. The third-order valence-electron chi connectivity index (χ3n) is 5.37. The van der Waals surface area contributed by atoms with Crippen molar-refractivity contribution in [3.05, 3.63) is 64.3 Å². The Balaban J connectivity index is 1.88. The molecule has 29 heavy (non-hydrogen) atoms. The number of hydrogen-bond donors (Lipinski definition) is 0. The lowest BCUT2D eigenvalue weighted by Gasteiger charge is -2.20. The van der Waals surface area contributed by atoms with E-state index in [0.717, 1.165) is 46.5 Å². The van der Waals surface area contributed by atoms with Crippen LogP contribution in [0.1, 0.15) is 30.7 Å². The molecule has 5 nitrogen and oxygen atoms in total. The van der Waals surface area contributed by atoms with Gasteiger partial charge in [-0.3, -0.25) is 0 Å². The predicted molar refractivity (Wildman–Crippen MR) is 115 cm³/mol. The topological polar surface area (TPSA) is 47.4 Å². The van der Waals surface area contributed by atoms with Crippen LogP contribution in [0.3, 0.4) is 0 Å². The van der Waals surface area contributed by atoms with Gasteiger partial charge in [-0.1, -0.05) is 35.4 Å². The summed E-state index contributed by atoms with van der Waals surface area (Å²) in [6, 6.07) is 13.9. The Hall–Kier alpha value is -2.79. The van der Waals surface area contributed by atoms with E-state index in [2.05, 4.69) is 0 Å². The number of hydrogen-bond acceptors (Lipinski definition) is 3. The van der Waals surface area contributed by atoms with Crippen molar-refractivity contribution in [2.45, 2.75) is 33.6 Å². The average molecular weight is 410 g/mol. The van der Waals surface area contributed by atoms with Crippen LogP contribution in [0.5, 0.6) is 5.88 Å². The van der Waals surface area contributed by atoms with Gasteiger partial charge in [0.2, 0.25) is 5.88 Å². The lowest BCUT2D eigenvalue weighted by Crippen LogP contribution is -2.33. The Morgan fingerprint density at radius 1 is 1.14 bits per heavy atom. The maximum absolute atomic E-state index is 12.8. The van der Waals surface area contributed by atoms with Crippen LogP contribution in [0.4, 0.5) is 4.79 Å². The molecule has 1 aliphatic carbocycles. The van der Waals surface area contributed by atoms with Crippen LogP contribution >= 0.6 is 11.6 Å². The molecular weight excluding hydrogens is 386 g/mol. The highest BCUT2D eigenvalue weighted by Gasteiger charge is 2.29. The van der Waals surface area contributed by atoms with Crippen molar-refractivity contribution in [1.82, 2.24) is 14.7 Å². The molecule has 0 unspecified atom stereocenters. The van der Waals surface area contributed by atoms with Crippen molar-refractivity contribution in [2.75, 3.05) is 13.1 Å². The lowest BCUT2D eigenvalue weighted by molar-refractivity contribution is 0.154. The number of carbonyl (C=O) groups excluding carboxylic acids is 1. The molecule has 6 heteroatoms. The average Bonchev–Trinajstić information content (AvgIpc) is 3.08. The van der Waals surface area contributed by atoms with E-state index < -0.39 is 0 Å². The van der Waals surface area contributed by atoms with Gasteiger partial charge in [0.05, 0.1) is 16.9 Å². The fourth-order valence-corrected chi connectivity index (χ4v) is 3.94. The number of aryl methyl sites for hydroxylation is 3. The highest BCUT2D eigenvalue weighted by Crippen LogP contribution is 2.42. The van der Waals surface area contributed by atoms with Gasteiger partial charge in [-0.2, -0.15) is 9.78 Å². The number of carbonyl (C=O) groups is 1. The summed E-state index contributed by atoms with van der Waals surface area (Å²) >= 11 is 6.21. The summed E-state index contributed by atoms with van der Waals surface area (Å²) in [4.78, 5) is 14.5. The molecule has 1 aromatic heterocycles. The van der Waals surface area contributed by atoms with Crippen molar-refractivity contribution < 1.29 is 9.53 Å². The molecule has 0 bridgehead atoms. The maximum atomic E-state index is 12.8. The first kappa shape index (κ1) is 19.5. The van der Waals surface area contributed by atoms with Crippen LogP contribution in [-0.2, 0) is 12.8 Å². The fraction of sp³-hybridized carbons (Fsp3) is 0.304. The van der Waals surface area contributed by atoms with Crippen molar-refractivity contribution in [1.29, 1.82) is 0 Å². The minimum Gasteiger partial charge on any atom is -0.390 e. The summed E-state index contributed by atoms with van der Waals surface area (Å²) in [5, 5.41) is 5.53. The normalized spacial score (nSPS) is 12.3. The number of nitrogens with zero attached hydrogens (tertiary/aromatic N) is 3. The zero-order chi connectivity index (χ0) is 20.5. The van der Waals surface area contributed by atoms with Gasteiger partial charge in [-0.05, 0) is 69.0 Å². The number of aromatic nitrogens is 2. The number of amides is 1. The zero-order valence-corrected chi connectivity index (χ0v) is 17.7. The lowest BCUT2D eigenvalue weighted by atomic mass is 9.90. The second-order valence-corrected chi connectivity index (χ2v) is 7.65. The monoisotopic (exact) mass is 409 g/mol. The van der Waals surface area contributed by atoms with Crippen molar-refractivity contribution in [3.63, 3.8) is 0 Å². The molecule has 0 saturated heterocycles. The number of halogens is 1. The highest BCUT2D eigenvalue weighted by molar-refractivity contribution is 6.30. The summed E-state index contributed by atoms with van der Waals surface area (Å²) in [7, 11) is 0. The first-order valence-electron chi connectivity index (χ1n) is 9.96. The summed E-state index contributed by atoms with van der Waals surface area (Å²) < 4.78 is 7.70. The van der Waals surface area contributed by atoms with Gasteiger partial charge in [0, 0.05) is 18.1 Å². The summed E-state index contributed by atoms with van der Waals surface area (Å²) in [5.74, 6) is 0.462. The molecule has 0 spiro atoms. The van der Waals surface area contributed by atoms with E-state index in [0.29, 0.717) is 24.0 Å². The molecule has 0 aliphatic heterocycles. The third-order valence-corrected chi connectivity index (χ3v) is 5.60. The van der Waals surface area contributed by atoms with E-state index in [1.165, 1.54) is 0 Å². The van der Waals surface area contributed by atoms with E-state index in [1.807, 2.05) is 63.2 Å². The molecule has 2 aromatic carbocycles. The van der Waals surface area contributed by atoms with Crippen LogP contribution in [0.2, 0.25) is 5.02 Å². The number of benzene rings is 2. The van der Waals surface area contributed by atoms with Crippen molar-refractivity contribution in [3.8, 4) is 22.7 Å². The van der Waals surface area contributed by atoms with E-state index >= 15 is 0 Å². The predicted octanol–water partition coefficient (Wildman–Crippen LogP) is 5.44. The molecule has 0 radical (unpaired) electrons. The second-order valence-electron chi connectivity index (χ2n) is 7.22. The molecule has 0 atom stereocenters. The van der Waals surface area contributed by atoms with Crippen molar-refractivity contribution in [2.24, 2.45) is 0 Å². The molecule has 150 valence electrons. The van der Waals surface area contributed by atoms with Gasteiger partial charge in [0.1, 0.15) is 0 Å². The van der Waals surface area contributed by atoms with Crippen LogP contribution < -0.4 is 4.74 Å². The smallest absolute Gasteiger partial charge is 0.390 e. The number of ether oxygens (including phenoxy) is 1. The first-order valence-corrected chi connectivity index (χ1v) is 10.3. The molecule has 1 aliphatic rings. The van der Waals surface area contributed by atoms with Gasteiger partial charge < -0.3 is 9.64 Å². The Bertz CT molecular complexity index is 1050. The van der Waals surface area contributed by atoms with Gasteiger partial charge in [0.25, 0.3) is 0 Å². The first-order chi connectivity index (χ1) is 14.0.